The van der Waals surface area contributed by atoms with Gasteiger partial charge in [0.25, 0.3) is 5.91 Å². The predicted molar refractivity (Wildman–Crippen MR) is 66.3 cm³/mol. The van der Waals surface area contributed by atoms with Gasteiger partial charge in [-0.2, -0.15) is 0 Å². The molecule has 1 aromatic rings. The smallest absolute Gasteiger partial charge is 0.338 e. The van der Waals surface area contributed by atoms with Crippen molar-refractivity contribution >= 4 is 11.9 Å². The molecule has 18 heavy (non-hydrogen) atoms. The highest BCUT2D eigenvalue weighted by atomic mass is 16.5. The Morgan fingerprint density at radius 1 is 1.28 bits per heavy atom. The first-order chi connectivity index (χ1) is 8.54. The normalized spacial score (nSPS) is 11.7. The molecular formula is C13H17NO4. The standard InChI is InChI=1S/C13H17NO4/c1-3-8-17-11-6-4-10(5-7-11)13(16)18-9(2)12(14)15/h4-7,9H,3,8H2,1-2H3,(H2,14,15)/t9-/m0/s1. The van der Waals surface area contributed by atoms with E-state index in [1.165, 1.54) is 6.92 Å². The third-order valence-corrected chi connectivity index (χ3v) is 2.25. The summed E-state index contributed by atoms with van der Waals surface area (Å²) in [5.74, 6) is -0.564. The molecule has 1 rings (SSSR count). The van der Waals surface area contributed by atoms with Crippen molar-refractivity contribution in [2.45, 2.75) is 26.4 Å². The molecule has 2 N–H and O–H groups in total. The van der Waals surface area contributed by atoms with Crippen LogP contribution in [0.4, 0.5) is 0 Å². The molecule has 0 aliphatic heterocycles. The molecule has 0 spiro atoms. The molecule has 5 nitrogen and oxygen atoms in total. The van der Waals surface area contributed by atoms with Gasteiger partial charge in [-0.1, -0.05) is 6.92 Å². The molecule has 0 radical (unpaired) electrons. The van der Waals surface area contributed by atoms with Crippen molar-refractivity contribution in [3.63, 3.8) is 0 Å². The van der Waals surface area contributed by atoms with Crippen LogP contribution in [0.5, 0.6) is 5.75 Å². The average Bonchev–Trinajstić information content (AvgIpc) is 2.36. The van der Waals surface area contributed by atoms with Crippen LogP contribution in [0.3, 0.4) is 0 Å². The highest BCUT2D eigenvalue weighted by molar-refractivity contribution is 5.92. The fourth-order valence-electron chi connectivity index (χ4n) is 1.19. The molecule has 0 aliphatic carbocycles. The molecule has 0 aliphatic rings. The average molecular weight is 251 g/mol. The van der Waals surface area contributed by atoms with Gasteiger partial charge in [-0.05, 0) is 37.6 Å². The third kappa shape index (κ3) is 4.08. The van der Waals surface area contributed by atoms with Crippen molar-refractivity contribution in [1.29, 1.82) is 0 Å². The monoisotopic (exact) mass is 251 g/mol. The first-order valence-corrected chi connectivity index (χ1v) is 5.77. The first kappa shape index (κ1) is 14.0. The Balaban J connectivity index is 2.61. The zero-order valence-corrected chi connectivity index (χ0v) is 10.5. The summed E-state index contributed by atoms with van der Waals surface area (Å²) in [5.41, 5.74) is 5.36. The van der Waals surface area contributed by atoms with Crippen LogP contribution in [0.25, 0.3) is 0 Å². The van der Waals surface area contributed by atoms with Gasteiger partial charge in [0.05, 0.1) is 12.2 Å². The molecule has 1 atom stereocenters. The highest BCUT2D eigenvalue weighted by Crippen LogP contribution is 2.13. The fraction of sp³-hybridized carbons (Fsp3) is 0.385. The van der Waals surface area contributed by atoms with Crippen molar-refractivity contribution in [2.24, 2.45) is 5.73 Å². The number of hydrogen-bond acceptors (Lipinski definition) is 4. The second kappa shape index (κ2) is 6.64. The fourth-order valence-corrected chi connectivity index (χ4v) is 1.19. The predicted octanol–water partition coefficient (Wildman–Crippen LogP) is 1.51. The minimum atomic E-state index is -0.937. The van der Waals surface area contributed by atoms with Gasteiger partial charge in [0, 0.05) is 0 Å². The number of carbonyl (C=O) groups is 2. The van der Waals surface area contributed by atoms with Crippen LogP contribution < -0.4 is 10.5 Å². The van der Waals surface area contributed by atoms with Gasteiger partial charge in [0.1, 0.15) is 5.75 Å². The lowest BCUT2D eigenvalue weighted by atomic mass is 10.2. The molecule has 98 valence electrons. The molecule has 0 unspecified atom stereocenters. The van der Waals surface area contributed by atoms with Crippen molar-refractivity contribution in [3.8, 4) is 5.75 Å². The molecular weight excluding hydrogens is 234 g/mol. The Bertz CT molecular complexity index is 414. The number of benzene rings is 1. The second-order valence-corrected chi connectivity index (χ2v) is 3.82. The molecule has 0 bridgehead atoms. The topological polar surface area (TPSA) is 78.6 Å². The maximum atomic E-state index is 11.6. The van der Waals surface area contributed by atoms with Gasteiger partial charge in [-0.25, -0.2) is 4.79 Å². The van der Waals surface area contributed by atoms with E-state index in [1.54, 1.807) is 24.3 Å². The van der Waals surface area contributed by atoms with Crippen molar-refractivity contribution in [3.05, 3.63) is 29.8 Å². The summed E-state index contributed by atoms with van der Waals surface area (Å²) in [6.07, 6.45) is -0.0200. The number of hydrogen-bond donors (Lipinski definition) is 1. The van der Waals surface area contributed by atoms with Crippen LogP contribution in [0.1, 0.15) is 30.6 Å². The lowest BCUT2D eigenvalue weighted by Gasteiger charge is -2.10. The maximum absolute atomic E-state index is 11.6. The van der Waals surface area contributed by atoms with Crippen LogP contribution in [0, 0.1) is 0 Å². The number of rotatable bonds is 6. The molecule has 0 heterocycles. The number of nitrogens with two attached hydrogens (primary N) is 1. The SMILES string of the molecule is CCCOc1ccc(C(=O)O[C@@H](C)C(N)=O)cc1. The summed E-state index contributed by atoms with van der Waals surface area (Å²) in [6.45, 7) is 4.07. The quantitative estimate of drug-likeness (QED) is 0.777. The van der Waals surface area contributed by atoms with Gasteiger partial charge >= 0.3 is 5.97 Å². The summed E-state index contributed by atoms with van der Waals surface area (Å²) >= 11 is 0. The number of esters is 1. The zero-order valence-electron chi connectivity index (χ0n) is 10.5. The maximum Gasteiger partial charge on any atom is 0.338 e. The minimum absolute atomic E-state index is 0.354. The molecule has 0 aromatic heterocycles. The van der Waals surface area contributed by atoms with Crippen molar-refractivity contribution in [1.82, 2.24) is 0 Å². The van der Waals surface area contributed by atoms with E-state index in [0.29, 0.717) is 17.9 Å². The minimum Gasteiger partial charge on any atom is -0.494 e. The third-order valence-electron chi connectivity index (χ3n) is 2.25. The lowest BCUT2D eigenvalue weighted by Crippen LogP contribution is -2.30. The Morgan fingerprint density at radius 2 is 1.89 bits per heavy atom. The lowest BCUT2D eigenvalue weighted by molar-refractivity contribution is -0.125. The largest absolute Gasteiger partial charge is 0.494 e. The number of carbonyl (C=O) groups excluding carboxylic acids is 2. The summed E-state index contributed by atoms with van der Waals surface area (Å²) in [5, 5.41) is 0. The van der Waals surface area contributed by atoms with E-state index < -0.39 is 18.0 Å². The Morgan fingerprint density at radius 3 is 2.39 bits per heavy atom. The van der Waals surface area contributed by atoms with Gasteiger partial charge in [0.2, 0.25) is 0 Å². The van der Waals surface area contributed by atoms with Gasteiger partial charge in [-0.15, -0.1) is 0 Å². The van der Waals surface area contributed by atoms with Crippen molar-refractivity contribution in [2.75, 3.05) is 6.61 Å². The summed E-state index contributed by atoms with van der Waals surface area (Å²) in [7, 11) is 0. The zero-order chi connectivity index (χ0) is 13.5. The first-order valence-electron chi connectivity index (χ1n) is 5.77. The van der Waals surface area contributed by atoms with E-state index in [1.807, 2.05) is 6.92 Å². The van der Waals surface area contributed by atoms with E-state index in [2.05, 4.69) is 0 Å². The van der Waals surface area contributed by atoms with Gasteiger partial charge < -0.3 is 15.2 Å². The van der Waals surface area contributed by atoms with E-state index in [9.17, 15) is 9.59 Å². The number of ether oxygens (including phenoxy) is 2. The van der Waals surface area contributed by atoms with Gasteiger partial charge in [-0.3, -0.25) is 4.79 Å². The van der Waals surface area contributed by atoms with E-state index in [-0.39, 0.29) is 0 Å². The van der Waals surface area contributed by atoms with Crippen LogP contribution >= 0.6 is 0 Å². The van der Waals surface area contributed by atoms with Crippen LogP contribution in [-0.4, -0.2) is 24.6 Å². The van der Waals surface area contributed by atoms with E-state index in [4.69, 9.17) is 15.2 Å². The summed E-state index contributed by atoms with van der Waals surface area (Å²) in [6, 6.07) is 6.53. The molecule has 5 heteroatoms. The van der Waals surface area contributed by atoms with Crippen LogP contribution in [0.2, 0.25) is 0 Å². The van der Waals surface area contributed by atoms with Crippen LogP contribution in [0.15, 0.2) is 24.3 Å². The molecule has 1 aromatic carbocycles. The molecule has 0 fully saturated rings. The molecule has 0 saturated heterocycles. The number of primary amides is 1. The molecule has 0 saturated carbocycles. The number of amides is 1. The van der Waals surface area contributed by atoms with E-state index in [0.717, 1.165) is 6.42 Å². The Hall–Kier alpha value is -2.04. The van der Waals surface area contributed by atoms with Crippen LogP contribution in [-0.2, 0) is 9.53 Å². The Labute approximate surface area is 106 Å². The summed E-state index contributed by atoms with van der Waals surface area (Å²) in [4.78, 5) is 22.4. The highest BCUT2D eigenvalue weighted by Gasteiger charge is 2.15. The van der Waals surface area contributed by atoms with E-state index >= 15 is 0 Å². The van der Waals surface area contributed by atoms with Gasteiger partial charge in [0.15, 0.2) is 6.10 Å². The Kier molecular flexibility index (Phi) is 5.17. The second-order valence-electron chi connectivity index (χ2n) is 3.82. The van der Waals surface area contributed by atoms with Crippen molar-refractivity contribution < 1.29 is 19.1 Å². The summed E-state index contributed by atoms with van der Waals surface area (Å²) < 4.78 is 10.2. The molecule has 1 amide bonds.